The van der Waals surface area contributed by atoms with Gasteiger partial charge in [0.05, 0.1) is 17.3 Å². The number of likely N-dealkylation sites (tertiary alicyclic amines) is 1. The van der Waals surface area contributed by atoms with Crippen molar-refractivity contribution in [3.8, 4) is 0 Å². The summed E-state index contributed by atoms with van der Waals surface area (Å²) in [5.41, 5.74) is 2.33. The van der Waals surface area contributed by atoms with Crippen molar-refractivity contribution in [2.75, 3.05) is 6.54 Å². The molecule has 0 aliphatic carbocycles. The summed E-state index contributed by atoms with van der Waals surface area (Å²) < 4.78 is 2.15. The van der Waals surface area contributed by atoms with Crippen LogP contribution in [0.2, 0.25) is 0 Å². The molecule has 1 saturated heterocycles. The summed E-state index contributed by atoms with van der Waals surface area (Å²) in [5, 5.41) is 7.31. The molecule has 1 fully saturated rings. The van der Waals surface area contributed by atoms with Crippen molar-refractivity contribution < 1.29 is 0 Å². The quantitative estimate of drug-likeness (QED) is 0.806. The highest BCUT2D eigenvalue weighted by Crippen LogP contribution is 2.31. The van der Waals surface area contributed by atoms with Crippen molar-refractivity contribution in [3.63, 3.8) is 0 Å². The Balaban J connectivity index is 1.64. The van der Waals surface area contributed by atoms with E-state index in [4.69, 9.17) is 4.98 Å². The van der Waals surface area contributed by atoms with Gasteiger partial charge in [0.1, 0.15) is 11.6 Å². The van der Waals surface area contributed by atoms with Gasteiger partial charge in [0.25, 0.3) is 0 Å². The fourth-order valence-corrected chi connectivity index (χ4v) is 3.39. The summed E-state index contributed by atoms with van der Waals surface area (Å²) in [6.45, 7) is 5.92. The van der Waals surface area contributed by atoms with E-state index in [1.165, 1.54) is 11.9 Å². The zero-order chi connectivity index (χ0) is 15.1. The maximum absolute atomic E-state index is 4.76. The molecule has 0 radical (unpaired) electrons. The molecule has 1 N–H and O–H groups in total. The Morgan fingerprint density at radius 1 is 1.27 bits per heavy atom. The van der Waals surface area contributed by atoms with Crippen molar-refractivity contribution in [2.24, 2.45) is 0 Å². The lowest BCUT2D eigenvalue weighted by Crippen LogP contribution is -2.24. The highest BCUT2D eigenvalue weighted by Gasteiger charge is 2.30. The number of nitrogens with zero attached hydrogens (tertiary/aromatic N) is 5. The largest absolute Gasteiger partial charge is 0.304 e. The lowest BCUT2D eigenvalue weighted by Gasteiger charge is -2.21. The summed E-state index contributed by atoms with van der Waals surface area (Å²) in [6.07, 6.45) is 4.37. The molecule has 114 valence electrons. The molecular weight excluding hydrogens is 276 g/mol. The Bertz CT molecular complexity index is 802. The van der Waals surface area contributed by atoms with Crippen molar-refractivity contribution in [2.45, 2.75) is 39.3 Å². The Labute approximate surface area is 129 Å². The summed E-state index contributed by atoms with van der Waals surface area (Å²) in [5.74, 6) is 2.83. The number of aromatic nitrogens is 5. The Kier molecular flexibility index (Phi) is 3.18. The molecule has 0 aromatic carbocycles. The highest BCUT2D eigenvalue weighted by molar-refractivity contribution is 5.53. The number of aromatic amines is 1. The van der Waals surface area contributed by atoms with E-state index in [0.717, 1.165) is 42.7 Å². The van der Waals surface area contributed by atoms with Crippen LogP contribution in [0, 0.1) is 13.8 Å². The lowest BCUT2D eigenvalue weighted by molar-refractivity contribution is 0.238. The van der Waals surface area contributed by atoms with Gasteiger partial charge in [-0.25, -0.2) is 9.97 Å². The number of imidazole rings is 1. The molecule has 0 saturated carbocycles. The van der Waals surface area contributed by atoms with E-state index in [1.807, 2.05) is 13.0 Å². The Hall–Kier alpha value is -2.21. The molecule has 3 aromatic rings. The van der Waals surface area contributed by atoms with E-state index in [2.05, 4.69) is 49.7 Å². The molecule has 4 rings (SSSR count). The molecule has 1 aliphatic rings. The normalized spacial score (nSPS) is 19.3. The van der Waals surface area contributed by atoms with Crippen LogP contribution in [0.3, 0.4) is 0 Å². The molecule has 6 nitrogen and oxygen atoms in total. The Morgan fingerprint density at radius 3 is 3.00 bits per heavy atom. The van der Waals surface area contributed by atoms with Gasteiger partial charge in [-0.05, 0) is 45.4 Å². The van der Waals surface area contributed by atoms with Crippen molar-refractivity contribution in [3.05, 3.63) is 47.6 Å². The van der Waals surface area contributed by atoms with E-state index in [0.29, 0.717) is 6.04 Å². The van der Waals surface area contributed by atoms with Crippen molar-refractivity contribution in [1.29, 1.82) is 0 Å². The molecule has 6 heteroatoms. The first kappa shape index (κ1) is 13.5. The third-order valence-corrected chi connectivity index (χ3v) is 4.43. The maximum atomic E-state index is 4.76. The summed E-state index contributed by atoms with van der Waals surface area (Å²) in [4.78, 5) is 11.7. The van der Waals surface area contributed by atoms with Crippen LogP contribution in [0.15, 0.2) is 24.4 Å². The Morgan fingerprint density at radius 2 is 2.18 bits per heavy atom. The van der Waals surface area contributed by atoms with Crippen LogP contribution in [0.5, 0.6) is 0 Å². The fourth-order valence-electron chi connectivity index (χ4n) is 3.39. The predicted molar refractivity (Wildman–Crippen MR) is 83.4 cm³/mol. The van der Waals surface area contributed by atoms with Gasteiger partial charge in [0.15, 0.2) is 5.82 Å². The van der Waals surface area contributed by atoms with Crippen molar-refractivity contribution in [1.82, 2.24) is 29.5 Å². The maximum Gasteiger partial charge on any atom is 0.167 e. The molecule has 0 bridgehead atoms. The summed E-state index contributed by atoms with van der Waals surface area (Å²) in [6, 6.07) is 6.54. The summed E-state index contributed by atoms with van der Waals surface area (Å²) >= 11 is 0. The lowest BCUT2D eigenvalue weighted by atomic mass is 10.2. The molecule has 1 atom stereocenters. The van der Waals surface area contributed by atoms with Crippen molar-refractivity contribution >= 4 is 5.52 Å². The van der Waals surface area contributed by atoms with E-state index >= 15 is 0 Å². The molecule has 1 unspecified atom stereocenters. The molecular formula is C16H20N6. The molecule has 0 amide bonds. The van der Waals surface area contributed by atoms with Gasteiger partial charge in [-0.2, -0.15) is 5.10 Å². The molecule has 3 aromatic heterocycles. The standard InChI is InChI=1S/C16H20N6/c1-11-17-16(20-19-11)15-7-5-8-21(15)10-13-14-6-3-4-9-22(14)12(2)18-13/h3-4,6,9,15H,5,7-8,10H2,1-2H3,(H,17,19,20). The van der Waals surface area contributed by atoms with Crippen LogP contribution in [0.4, 0.5) is 0 Å². The number of rotatable bonds is 3. The van der Waals surface area contributed by atoms with E-state index < -0.39 is 0 Å². The second kappa shape index (κ2) is 5.21. The van der Waals surface area contributed by atoms with Crippen LogP contribution in [0.25, 0.3) is 5.52 Å². The number of nitrogens with one attached hydrogen (secondary N) is 1. The van der Waals surface area contributed by atoms with E-state index in [1.54, 1.807) is 0 Å². The molecule has 1 aliphatic heterocycles. The average molecular weight is 296 g/mol. The zero-order valence-electron chi connectivity index (χ0n) is 13.0. The third kappa shape index (κ3) is 2.20. The number of hydrogen-bond acceptors (Lipinski definition) is 4. The minimum Gasteiger partial charge on any atom is -0.304 e. The number of hydrogen-bond donors (Lipinski definition) is 1. The van der Waals surface area contributed by atoms with E-state index in [-0.39, 0.29) is 0 Å². The minimum atomic E-state index is 0.297. The monoisotopic (exact) mass is 296 g/mol. The first-order valence-electron chi connectivity index (χ1n) is 7.78. The van der Waals surface area contributed by atoms with Crippen LogP contribution in [-0.2, 0) is 6.54 Å². The van der Waals surface area contributed by atoms with Crippen LogP contribution < -0.4 is 0 Å². The second-order valence-corrected chi connectivity index (χ2v) is 5.97. The van der Waals surface area contributed by atoms with E-state index in [9.17, 15) is 0 Å². The highest BCUT2D eigenvalue weighted by atomic mass is 15.3. The topological polar surface area (TPSA) is 62.1 Å². The third-order valence-electron chi connectivity index (χ3n) is 4.43. The van der Waals surface area contributed by atoms with Crippen LogP contribution >= 0.6 is 0 Å². The average Bonchev–Trinajstić information content (AvgIpc) is 3.21. The van der Waals surface area contributed by atoms with Gasteiger partial charge in [0, 0.05) is 12.7 Å². The number of aryl methyl sites for hydroxylation is 2. The van der Waals surface area contributed by atoms with Gasteiger partial charge in [-0.1, -0.05) is 6.07 Å². The molecule has 22 heavy (non-hydrogen) atoms. The first-order valence-corrected chi connectivity index (χ1v) is 7.78. The number of H-pyrrole nitrogens is 1. The number of pyridine rings is 1. The van der Waals surface area contributed by atoms with Gasteiger partial charge in [-0.3, -0.25) is 10.00 Å². The van der Waals surface area contributed by atoms with Gasteiger partial charge in [0.2, 0.25) is 0 Å². The predicted octanol–water partition coefficient (Wildman–Crippen LogP) is 2.41. The van der Waals surface area contributed by atoms with Gasteiger partial charge in [-0.15, -0.1) is 0 Å². The zero-order valence-corrected chi connectivity index (χ0v) is 13.0. The number of fused-ring (bicyclic) bond motifs is 1. The first-order chi connectivity index (χ1) is 10.7. The van der Waals surface area contributed by atoms with Crippen LogP contribution in [0.1, 0.15) is 42.1 Å². The van der Waals surface area contributed by atoms with Gasteiger partial charge < -0.3 is 4.40 Å². The second-order valence-electron chi connectivity index (χ2n) is 5.97. The van der Waals surface area contributed by atoms with Crippen LogP contribution in [-0.4, -0.2) is 36.0 Å². The smallest absolute Gasteiger partial charge is 0.167 e. The minimum absolute atomic E-state index is 0.297. The summed E-state index contributed by atoms with van der Waals surface area (Å²) in [7, 11) is 0. The molecule has 0 spiro atoms. The molecule has 4 heterocycles. The van der Waals surface area contributed by atoms with Gasteiger partial charge >= 0.3 is 0 Å². The fraction of sp³-hybridized carbons (Fsp3) is 0.438. The SMILES string of the molecule is Cc1nc(C2CCCN2Cc2nc(C)n3ccccc23)n[nH]1.